The molecule has 0 aliphatic carbocycles. The predicted molar refractivity (Wildman–Crippen MR) is 80.2 cm³/mol. The highest BCUT2D eigenvalue weighted by molar-refractivity contribution is 7.87. The minimum absolute atomic E-state index is 0.222. The average molecular weight is 310 g/mol. The van der Waals surface area contributed by atoms with E-state index in [0.717, 1.165) is 22.0 Å². The van der Waals surface area contributed by atoms with Crippen LogP contribution in [0.4, 0.5) is 0 Å². The fraction of sp³-hybridized carbons (Fsp3) is 0.385. The normalized spacial score (nSPS) is 11.8. The number of hydrogen-bond acceptors (Lipinski definition) is 5. The molecule has 8 heteroatoms. The van der Waals surface area contributed by atoms with Gasteiger partial charge >= 0.3 is 0 Å². The molecule has 0 atom stereocenters. The van der Waals surface area contributed by atoms with Crippen molar-refractivity contribution in [1.82, 2.24) is 14.7 Å². The molecular formula is C13H18N4O3S. The zero-order valence-corrected chi connectivity index (χ0v) is 12.8. The number of benzene rings is 1. The maximum Gasteiger partial charge on any atom is 0.274 e. The molecule has 0 aliphatic rings. The Labute approximate surface area is 123 Å². The number of aromatic nitrogens is 2. The number of aryl methyl sites for hydroxylation is 2. The van der Waals surface area contributed by atoms with Crippen molar-refractivity contribution in [2.24, 2.45) is 5.14 Å². The van der Waals surface area contributed by atoms with Gasteiger partial charge in [-0.15, -0.1) is 0 Å². The van der Waals surface area contributed by atoms with Crippen molar-refractivity contribution in [3.8, 4) is 5.88 Å². The summed E-state index contributed by atoms with van der Waals surface area (Å²) in [5.74, 6) is 0.499. The van der Waals surface area contributed by atoms with Crippen molar-refractivity contribution in [3.05, 3.63) is 29.6 Å². The zero-order valence-electron chi connectivity index (χ0n) is 12.0. The van der Waals surface area contributed by atoms with E-state index in [-0.39, 0.29) is 6.54 Å². The third-order valence-corrected chi connectivity index (χ3v) is 3.68. The SMILES string of the molecule is Cc1cc2ncnc(OCCCNS(N)(=O)=O)c2cc1C. The van der Waals surface area contributed by atoms with Crippen molar-refractivity contribution >= 4 is 21.1 Å². The lowest BCUT2D eigenvalue weighted by molar-refractivity contribution is 0.303. The van der Waals surface area contributed by atoms with Crippen LogP contribution < -0.4 is 14.6 Å². The molecule has 2 aromatic rings. The fourth-order valence-corrected chi connectivity index (χ4v) is 2.29. The Morgan fingerprint density at radius 3 is 2.67 bits per heavy atom. The van der Waals surface area contributed by atoms with Crippen molar-refractivity contribution in [3.63, 3.8) is 0 Å². The summed E-state index contributed by atoms with van der Waals surface area (Å²) in [6, 6.07) is 3.98. The van der Waals surface area contributed by atoms with Gasteiger partial charge in [-0.2, -0.15) is 8.42 Å². The summed E-state index contributed by atoms with van der Waals surface area (Å²) < 4.78 is 29.2. The standard InChI is InChI=1S/C13H18N4O3S/c1-9-6-11-12(7-10(9)2)15-8-16-13(11)20-5-3-4-17-21(14,18)19/h6-8,17H,3-5H2,1-2H3,(H2,14,18,19). The van der Waals surface area contributed by atoms with Gasteiger partial charge < -0.3 is 4.74 Å². The molecular weight excluding hydrogens is 292 g/mol. The predicted octanol–water partition coefficient (Wildman–Crippen LogP) is 0.809. The molecule has 3 N–H and O–H groups in total. The second-order valence-electron chi connectivity index (χ2n) is 4.77. The first-order valence-corrected chi connectivity index (χ1v) is 8.03. The van der Waals surface area contributed by atoms with Crippen molar-refractivity contribution in [1.29, 1.82) is 0 Å². The molecule has 2 rings (SSSR count). The number of ether oxygens (including phenoxy) is 1. The summed E-state index contributed by atoms with van der Waals surface area (Å²) >= 11 is 0. The van der Waals surface area contributed by atoms with E-state index in [1.807, 2.05) is 26.0 Å². The first-order valence-electron chi connectivity index (χ1n) is 6.49. The quantitative estimate of drug-likeness (QED) is 0.768. The smallest absolute Gasteiger partial charge is 0.274 e. The highest BCUT2D eigenvalue weighted by Gasteiger charge is 2.07. The minimum Gasteiger partial charge on any atom is -0.477 e. The number of nitrogens with one attached hydrogen (secondary N) is 1. The van der Waals surface area contributed by atoms with Gasteiger partial charge in [-0.3, -0.25) is 0 Å². The molecule has 0 saturated heterocycles. The largest absolute Gasteiger partial charge is 0.477 e. The molecule has 21 heavy (non-hydrogen) atoms. The Balaban J connectivity index is 2.04. The summed E-state index contributed by atoms with van der Waals surface area (Å²) in [6.45, 7) is 4.60. The van der Waals surface area contributed by atoms with Crippen molar-refractivity contribution in [2.75, 3.05) is 13.2 Å². The van der Waals surface area contributed by atoms with E-state index in [1.165, 1.54) is 6.33 Å². The van der Waals surface area contributed by atoms with Gasteiger partial charge in [0.1, 0.15) is 6.33 Å². The zero-order chi connectivity index (χ0) is 15.5. The van der Waals surface area contributed by atoms with E-state index < -0.39 is 10.2 Å². The molecule has 0 bridgehead atoms. The maximum atomic E-state index is 10.7. The van der Waals surface area contributed by atoms with Crippen molar-refractivity contribution < 1.29 is 13.2 Å². The highest BCUT2D eigenvalue weighted by atomic mass is 32.2. The average Bonchev–Trinajstić information content (AvgIpc) is 2.39. The van der Waals surface area contributed by atoms with E-state index in [0.29, 0.717) is 18.9 Å². The molecule has 114 valence electrons. The molecule has 1 aromatic heterocycles. The maximum absolute atomic E-state index is 10.7. The van der Waals surface area contributed by atoms with Crippen LogP contribution in [-0.2, 0) is 10.2 Å². The lowest BCUT2D eigenvalue weighted by Gasteiger charge is -2.09. The molecule has 1 aromatic carbocycles. The monoisotopic (exact) mass is 310 g/mol. The number of hydrogen-bond donors (Lipinski definition) is 2. The first kappa shape index (κ1) is 15.6. The van der Waals surface area contributed by atoms with E-state index in [2.05, 4.69) is 14.7 Å². The van der Waals surface area contributed by atoms with E-state index in [9.17, 15) is 8.42 Å². The van der Waals surface area contributed by atoms with Crippen LogP contribution in [-0.4, -0.2) is 31.5 Å². The first-order chi connectivity index (χ1) is 9.87. The van der Waals surface area contributed by atoms with Gasteiger partial charge in [0.2, 0.25) is 5.88 Å². The topological polar surface area (TPSA) is 107 Å². The molecule has 0 spiro atoms. The van der Waals surface area contributed by atoms with Gasteiger partial charge in [-0.1, -0.05) is 0 Å². The third kappa shape index (κ3) is 4.35. The summed E-state index contributed by atoms with van der Waals surface area (Å²) in [5, 5.41) is 5.68. The van der Waals surface area contributed by atoms with Crippen LogP contribution in [0.2, 0.25) is 0 Å². The second kappa shape index (κ2) is 6.33. The van der Waals surface area contributed by atoms with Crippen LogP contribution in [0, 0.1) is 13.8 Å². The van der Waals surface area contributed by atoms with Crippen molar-refractivity contribution in [2.45, 2.75) is 20.3 Å². The van der Waals surface area contributed by atoms with Gasteiger partial charge in [-0.25, -0.2) is 19.8 Å². The summed E-state index contributed by atoms with van der Waals surface area (Å²) in [7, 11) is -3.65. The Morgan fingerprint density at radius 1 is 1.24 bits per heavy atom. The summed E-state index contributed by atoms with van der Waals surface area (Å²) in [5.41, 5.74) is 3.12. The lowest BCUT2D eigenvalue weighted by Crippen LogP contribution is -2.32. The lowest BCUT2D eigenvalue weighted by atomic mass is 10.1. The Kier molecular flexibility index (Phi) is 4.71. The molecule has 0 unspecified atom stereocenters. The highest BCUT2D eigenvalue weighted by Crippen LogP contribution is 2.24. The third-order valence-electron chi connectivity index (χ3n) is 3.08. The Bertz CT molecular complexity index is 746. The van der Waals surface area contributed by atoms with E-state index in [1.54, 1.807) is 0 Å². The number of fused-ring (bicyclic) bond motifs is 1. The van der Waals surface area contributed by atoms with Gasteiger partial charge in [0.05, 0.1) is 17.5 Å². The van der Waals surface area contributed by atoms with Crippen LogP contribution in [0.3, 0.4) is 0 Å². The molecule has 0 aliphatic heterocycles. The van der Waals surface area contributed by atoms with Gasteiger partial charge in [0, 0.05) is 6.54 Å². The molecule has 1 heterocycles. The summed E-state index contributed by atoms with van der Waals surface area (Å²) in [6.07, 6.45) is 1.95. The van der Waals surface area contributed by atoms with Gasteiger partial charge in [-0.05, 0) is 43.5 Å². The molecule has 0 amide bonds. The number of rotatable bonds is 6. The van der Waals surface area contributed by atoms with Crippen LogP contribution in [0.5, 0.6) is 5.88 Å². The van der Waals surface area contributed by atoms with Crippen LogP contribution >= 0.6 is 0 Å². The molecule has 7 nitrogen and oxygen atoms in total. The Hall–Kier alpha value is -1.77. The summed E-state index contributed by atoms with van der Waals surface area (Å²) in [4.78, 5) is 8.35. The number of nitrogens with two attached hydrogens (primary N) is 1. The van der Waals surface area contributed by atoms with E-state index in [4.69, 9.17) is 9.88 Å². The van der Waals surface area contributed by atoms with Gasteiger partial charge in [0.15, 0.2) is 0 Å². The van der Waals surface area contributed by atoms with E-state index >= 15 is 0 Å². The molecule has 0 saturated carbocycles. The number of nitrogens with zero attached hydrogens (tertiary/aromatic N) is 2. The fourth-order valence-electron chi connectivity index (χ4n) is 1.86. The second-order valence-corrected chi connectivity index (χ2v) is 6.15. The van der Waals surface area contributed by atoms with Crippen LogP contribution in [0.25, 0.3) is 10.9 Å². The van der Waals surface area contributed by atoms with Crippen LogP contribution in [0.15, 0.2) is 18.5 Å². The Morgan fingerprint density at radius 2 is 1.95 bits per heavy atom. The van der Waals surface area contributed by atoms with Crippen LogP contribution in [0.1, 0.15) is 17.5 Å². The minimum atomic E-state index is -3.65. The molecule has 0 fully saturated rings. The van der Waals surface area contributed by atoms with Gasteiger partial charge in [0.25, 0.3) is 10.2 Å². The molecule has 0 radical (unpaired) electrons.